The van der Waals surface area contributed by atoms with Gasteiger partial charge in [-0.15, -0.1) is 6.58 Å². The van der Waals surface area contributed by atoms with Crippen LogP contribution in [0.5, 0.6) is 0 Å². The normalized spacial score (nSPS) is 12.5. The summed E-state index contributed by atoms with van der Waals surface area (Å²) in [5, 5.41) is 3.35. The van der Waals surface area contributed by atoms with Crippen molar-refractivity contribution in [1.29, 1.82) is 0 Å². The third-order valence-electron chi connectivity index (χ3n) is 2.10. The number of rotatable bonds is 4. The van der Waals surface area contributed by atoms with Gasteiger partial charge in [0.15, 0.2) is 0 Å². The van der Waals surface area contributed by atoms with E-state index in [0.29, 0.717) is 0 Å². The summed E-state index contributed by atoms with van der Waals surface area (Å²) in [7, 11) is 0. The van der Waals surface area contributed by atoms with Crippen LogP contribution < -0.4 is 5.32 Å². The van der Waals surface area contributed by atoms with Crippen molar-refractivity contribution in [2.24, 2.45) is 0 Å². The quantitative estimate of drug-likeness (QED) is 0.694. The number of hydrogen-bond acceptors (Lipinski definition) is 1. The largest absolute Gasteiger partial charge is 0.307 e. The minimum Gasteiger partial charge on any atom is -0.307 e. The molecule has 1 heteroatoms. The van der Waals surface area contributed by atoms with Gasteiger partial charge in [-0.3, -0.25) is 0 Å². The first-order chi connectivity index (χ1) is 6.27. The molecule has 70 valence electrons. The number of aryl methyl sites for hydroxylation is 1. The molecule has 1 aromatic rings. The molecule has 1 unspecified atom stereocenters. The second-order valence-electron chi connectivity index (χ2n) is 3.18. The molecule has 0 saturated heterocycles. The van der Waals surface area contributed by atoms with Crippen LogP contribution in [0.25, 0.3) is 0 Å². The van der Waals surface area contributed by atoms with Gasteiger partial charge >= 0.3 is 0 Å². The number of hydrogen-bond donors (Lipinski definition) is 1. The van der Waals surface area contributed by atoms with E-state index in [1.807, 2.05) is 6.08 Å². The molecule has 0 aromatic heterocycles. The van der Waals surface area contributed by atoms with E-state index < -0.39 is 0 Å². The Kier molecular flexibility index (Phi) is 3.71. The fourth-order valence-electron chi connectivity index (χ4n) is 1.33. The van der Waals surface area contributed by atoms with Crippen LogP contribution in [0.3, 0.4) is 0 Å². The molecule has 1 rings (SSSR count). The van der Waals surface area contributed by atoms with Gasteiger partial charge in [-0.05, 0) is 19.0 Å². The zero-order chi connectivity index (χ0) is 9.68. The Morgan fingerprint density at radius 1 is 1.38 bits per heavy atom. The van der Waals surface area contributed by atoms with Crippen molar-refractivity contribution >= 4 is 0 Å². The van der Waals surface area contributed by atoms with Crippen molar-refractivity contribution in [2.75, 3.05) is 6.54 Å². The van der Waals surface area contributed by atoms with Crippen molar-refractivity contribution in [3.05, 3.63) is 48.0 Å². The lowest BCUT2D eigenvalue weighted by Crippen LogP contribution is -2.18. The molecule has 0 heterocycles. The van der Waals surface area contributed by atoms with Gasteiger partial charge in [0.05, 0.1) is 6.04 Å². The van der Waals surface area contributed by atoms with Crippen molar-refractivity contribution in [3.63, 3.8) is 0 Å². The molecule has 1 atom stereocenters. The summed E-state index contributed by atoms with van der Waals surface area (Å²) in [5.41, 5.74) is 2.57. The van der Waals surface area contributed by atoms with Gasteiger partial charge in [0.1, 0.15) is 0 Å². The van der Waals surface area contributed by atoms with E-state index in [4.69, 9.17) is 0 Å². The molecule has 0 aliphatic carbocycles. The number of benzene rings is 1. The third-order valence-corrected chi connectivity index (χ3v) is 2.10. The van der Waals surface area contributed by atoms with Gasteiger partial charge in [-0.1, -0.05) is 42.8 Å². The van der Waals surface area contributed by atoms with Crippen molar-refractivity contribution < 1.29 is 0 Å². The molecule has 0 amide bonds. The minimum atomic E-state index is 0.283. The number of likely N-dealkylation sites (N-methyl/N-ethyl adjacent to an activating group) is 1. The molecule has 13 heavy (non-hydrogen) atoms. The van der Waals surface area contributed by atoms with Gasteiger partial charge < -0.3 is 5.32 Å². The molecule has 0 fully saturated rings. The van der Waals surface area contributed by atoms with Crippen LogP contribution in [0.1, 0.15) is 24.1 Å². The molecular weight excluding hydrogens is 158 g/mol. The van der Waals surface area contributed by atoms with Crippen molar-refractivity contribution in [3.8, 4) is 0 Å². The van der Waals surface area contributed by atoms with Crippen molar-refractivity contribution in [1.82, 2.24) is 5.32 Å². The molecule has 1 N–H and O–H groups in total. The van der Waals surface area contributed by atoms with E-state index in [-0.39, 0.29) is 6.04 Å². The monoisotopic (exact) mass is 175 g/mol. The summed E-state index contributed by atoms with van der Waals surface area (Å²) in [5.74, 6) is 0. The Labute approximate surface area is 80.5 Å². The van der Waals surface area contributed by atoms with Gasteiger partial charge in [0.25, 0.3) is 0 Å². The van der Waals surface area contributed by atoms with Gasteiger partial charge in [-0.25, -0.2) is 0 Å². The zero-order valence-electron chi connectivity index (χ0n) is 8.38. The van der Waals surface area contributed by atoms with Crippen molar-refractivity contribution in [2.45, 2.75) is 19.9 Å². The highest BCUT2D eigenvalue weighted by atomic mass is 14.9. The van der Waals surface area contributed by atoms with Crippen LogP contribution in [0.15, 0.2) is 36.9 Å². The van der Waals surface area contributed by atoms with Crippen LogP contribution in [-0.4, -0.2) is 6.54 Å². The van der Waals surface area contributed by atoms with Gasteiger partial charge in [-0.2, -0.15) is 0 Å². The van der Waals surface area contributed by atoms with E-state index in [2.05, 4.69) is 50.0 Å². The molecule has 0 saturated carbocycles. The maximum atomic E-state index is 3.82. The van der Waals surface area contributed by atoms with Gasteiger partial charge in [0.2, 0.25) is 0 Å². The SMILES string of the molecule is C=CC(NCC)c1ccc(C)cc1. The van der Waals surface area contributed by atoms with Crippen LogP contribution >= 0.6 is 0 Å². The fraction of sp³-hybridized carbons (Fsp3) is 0.333. The predicted molar refractivity (Wildman–Crippen MR) is 57.8 cm³/mol. The maximum absolute atomic E-state index is 3.82. The smallest absolute Gasteiger partial charge is 0.0503 e. The van der Waals surface area contributed by atoms with E-state index >= 15 is 0 Å². The van der Waals surface area contributed by atoms with E-state index in [0.717, 1.165) is 6.54 Å². The topological polar surface area (TPSA) is 12.0 Å². The Hall–Kier alpha value is -1.08. The maximum Gasteiger partial charge on any atom is 0.0503 e. The second-order valence-corrected chi connectivity index (χ2v) is 3.18. The van der Waals surface area contributed by atoms with Crippen LogP contribution in [0.4, 0.5) is 0 Å². The Bertz CT molecular complexity index is 261. The Morgan fingerprint density at radius 2 is 2.00 bits per heavy atom. The Balaban J connectivity index is 2.79. The molecule has 0 radical (unpaired) electrons. The Morgan fingerprint density at radius 3 is 2.46 bits per heavy atom. The van der Waals surface area contributed by atoms with Crippen LogP contribution in [0.2, 0.25) is 0 Å². The lowest BCUT2D eigenvalue weighted by atomic mass is 10.1. The first-order valence-electron chi connectivity index (χ1n) is 4.70. The highest BCUT2D eigenvalue weighted by Crippen LogP contribution is 2.14. The average Bonchev–Trinajstić information content (AvgIpc) is 2.16. The molecule has 1 nitrogen and oxygen atoms in total. The number of nitrogens with one attached hydrogen (secondary N) is 1. The van der Waals surface area contributed by atoms with E-state index in [1.54, 1.807) is 0 Å². The molecule has 0 spiro atoms. The first kappa shape index (κ1) is 10.0. The standard InChI is InChI=1S/C12H17N/c1-4-12(13-5-2)11-8-6-10(3)7-9-11/h4,6-9,12-13H,1,5H2,2-3H3. The summed E-state index contributed by atoms with van der Waals surface area (Å²) >= 11 is 0. The summed E-state index contributed by atoms with van der Waals surface area (Å²) < 4.78 is 0. The van der Waals surface area contributed by atoms with Crippen LogP contribution in [0, 0.1) is 6.92 Å². The summed E-state index contributed by atoms with van der Waals surface area (Å²) in [6.07, 6.45) is 1.94. The predicted octanol–water partition coefficient (Wildman–Crippen LogP) is 2.83. The third kappa shape index (κ3) is 2.71. The molecule has 0 aliphatic rings. The average molecular weight is 175 g/mol. The van der Waals surface area contributed by atoms with E-state index in [1.165, 1.54) is 11.1 Å². The lowest BCUT2D eigenvalue weighted by Gasteiger charge is -2.13. The molecule has 1 aromatic carbocycles. The zero-order valence-corrected chi connectivity index (χ0v) is 8.38. The van der Waals surface area contributed by atoms with Crippen LogP contribution in [-0.2, 0) is 0 Å². The van der Waals surface area contributed by atoms with E-state index in [9.17, 15) is 0 Å². The summed E-state index contributed by atoms with van der Waals surface area (Å²) in [4.78, 5) is 0. The molecule has 0 aliphatic heterocycles. The summed E-state index contributed by atoms with van der Waals surface area (Å²) in [6.45, 7) is 8.98. The van der Waals surface area contributed by atoms with Gasteiger partial charge in [0, 0.05) is 0 Å². The highest BCUT2D eigenvalue weighted by molar-refractivity contribution is 5.26. The lowest BCUT2D eigenvalue weighted by molar-refractivity contribution is 0.649. The first-order valence-corrected chi connectivity index (χ1v) is 4.70. The summed E-state index contributed by atoms with van der Waals surface area (Å²) in [6, 6.07) is 8.83. The highest BCUT2D eigenvalue weighted by Gasteiger charge is 2.03. The fourth-order valence-corrected chi connectivity index (χ4v) is 1.33. The second kappa shape index (κ2) is 4.83. The molecule has 0 bridgehead atoms. The minimum absolute atomic E-state index is 0.283. The molecular formula is C12H17N.